The summed E-state index contributed by atoms with van der Waals surface area (Å²) in [6, 6.07) is 0. The Labute approximate surface area is 66.1 Å². The zero-order valence-electron chi connectivity index (χ0n) is 6.48. The van der Waals surface area contributed by atoms with Crippen molar-refractivity contribution in [2.75, 3.05) is 13.2 Å². The molecule has 4 heteroatoms. The van der Waals surface area contributed by atoms with Crippen LogP contribution in [0.5, 0.6) is 0 Å². The second kappa shape index (κ2) is 6.54. The van der Waals surface area contributed by atoms with Crippen molar-refractivity contribution in [3.05, 3.63) is 0 Å². The van der Waals surface area contributed by atoms with Crippen molar-refractivity contribution in [2.45, 2.75) is 31.5 Å². The summed E-state index contributed by atoms with van der Waals surface area (Å²) in [5.74, 6) is 0. The highest BCUT2D eigenvalue weighted by atomic mass is 16.3. The minimum Gasteiger partial charge on any atom is -0.396 e. The first-order valence-electron chi connectivity index (χ1n) is 3.78. The third-order valence-corrected chi connectivity index (χ3v) is 1.47. The van der Waals surface area contributed by atoms with E-state index in [-0.39, 0.29) is 32.5 Å². The minimum absolute atomic E-state index is 0.0764. The van der Waals surface area contributed by atoms with Gasteiger partial charge in [0, 0.05) is 13.2 Å². The highest BCUT2D eigenvalue weighted by molar-refractivity contribution is 4.62. The van der Waals surface area contributed by atoms with E-state index in [1.54, 1.807) is 0 Å². The molecule has 0 bridgehead atoms. The van der Waals surface area contributed by atoms with Gasteiger partial charge >= 0.3 is 0 Å². The molecule has 4 nitrogen and oxygen atoms in total. The summed E-state index contributed by atoms with van der Waals surface area (Å²) in [7, 11) is 0. The molecule has 0 aromatic carbocycles. The number of aliphatic hydroxyl groups is 4. The van der Waals surface area contributed by atoms with Crippen LogP contribution < -0.4 is 0 Å². The molecule has 0 aliphatic carbocycles. The van der Waals surface area contributed by atoms with Gasteiger partial charge in [0.1, 0.15) is 0 Å². The van der Waals surface area contributed by atoms with Crippen LogP contribution in [0.1, 0.15) is 19.3 Å². The SMILES string of the molecule is OCC[C@@H](O)C[C@@H](O)CCO. The Morgan fingerprint density at radius 3 is 1.45 bits per heavy atom. The van der Waals surface area contributed by atoms with Crippen molar-refractivity contribution in [1.29, 1.82) is 0 Å². The first kappa shape index (κ1) is 10.8. The molecule has 0 aliphatic rings. The van der Waals surface area contributed by atoms with Gasteiger partial charge in [-0.1, -0.05) is 0 Å². The topological polar surface area (TPSA) is 80.9 Å². The Morgan fingerprint density at radius 2 is 1.18 bits per heavy atom. The third kappa shape index (κ3) is 6.25. The van der Waals surface area contributed by atoms with Gasteiger partial charge in [0.15, 0.2) is 0 Å². The standard InChI is InChI=1S/C7H16O4/c8-3-1-6(10)5-7(11)2-4-9/h6-11H,1-5H2/t6-,7+. The molecule has 0 rings (SSSR count). The largest absolute Gasteiger partial charge is 0.396 e. The quantitative estimate of drug-likeness (QED) is 0.400. The number of hydrogen-bond acceptors (Lipinski definition) is 4. The van der Waals surface area contributed by atoms with E-state index in [1.165, 1.54) is 0 Å². The molecule has 0 saturated carbocycles. The molecule has 0 unspecified atom stereocenters. The molecule has 0 radical (unpaired) electrons. The fraction of sp³-hybridized carbons (Fsp3) is 1.00. The molecule has 4 N–H and O–H groups in total. The van der Waals surface area contributed by atoms with Crippen LogP contribution in [-0.4, -0.2) is 45.8 Å². The van der Waals surface area contributed by atoms with Crippen LogP contribution in [0.2, 0.25) is 0 Å². The van der Waals surface area contributed by atoms with Crippen LogP contribution in [0.3, 0.4) is 0 Å². The first-order chi connectivity index (χ1) is 5.20. The second-order valence-corrected chi connectivity index (χ2v) is 2.57. The van der Waals surface area contributed by atoms with E-state index in [2.05, 4.69) is 0 Å². The maximum atomic E-state index is 9.04. The van der Waals surface area contributed by atoms with Crippen LogP contribution in [0.15, 0.2) is 0 Å². The lowest BCUT2D eigenvalue weighted by molar-refractivity contribution is 0.0517. The summed E-state index contributed by atoms with van der Waals surface area (Å²) in [4.78, 5) is 0. The highest BCUT2D eigenvalue weighted by Crippen LogP contribution is 2.04. The third-order valence-electron chi connectivity index (χ3n) is 1.47. The van der Waals surface area contributed by atoms with E-state index < -0.39 is 12.2 Å². The predicted octanol–water partition coefficient (Wildman–Crippen LogP) is -1.14. The molecule has 0 aliphatic heterocycles. The van der Waals surface area contributed by atoms with Gasteiger partial charge in [-0.2, -0.15) is 0 Å². The number of aliphatic hydroxyl groups excluding tert-OH is 4. The second-order valence-electron chi connectivity index (χ2n) is 2.57. The van der Waals surface area contributed by atoms with E-state index >= 15 is 0 Å². The summed E-state index contributed by atoms with van der Waals surface area (Å²) >= 11 is 0. The maximum absolute atomic E-state index is 9.04. The Hall–Kier alpha value is -0.160. The molecular formula is C7H16O4. The lowest BCUT2D eigenvalue weighted by atomic mass is 10.1. The zero-order valence-corrected chi connectivity index (χ0v) is 6.48. The molecule has 0 aromatic rings. The molecule has 0 heterocycles. The highest BCUT2D eigenvalue weighted by Gasteiger charge is 2.10. The Balaban J connectivity index is 3.32. The van der Waals surface area contributed by atoms with Crippen molar-refractivity contribution in [3.63, 3.8) is 0 Å². The van der Waals surface area contributed by atoms with Crippen LogP contribution in [0.25, 0.3) is 0 Å². The van der Waals surface area contributed by atoms with Gasteiger partial charge in [-0.3, -0.25) is 0 Å². The van der Waals surface area contributed by atoms with Gasteiger partial charge in [-0.15, -0.1) is 0 Å². The Kier molecular flexibility index (Phi) is 6.45. The van der Waals surface area contributed by atoms with E-state index in [0.29, 0.717) is 0 Å². The van der Waals surface area contributed by atoms with E-state index in [0.717, 1.165) is 0 Å². The average Bonchev–Trinajstić information content (AvgIpc) is 1.87. The molecule has 11 heavy (non-hydrogen) atoms. The molecule has 0 spiro atoms. The van der Waals surface area contributed by atoms with Gasteiger partial charge in [-0.25, -0.2) is 0 Å². The molecule has 0 saturated heterocycles. The maximum Gasteiger partial charge on any atom is 0.0586 e. The minimum atomic E-state index is -0.665. The van der Waals surface area contributed by atoms with Crippen molar-refractivity contribution in [2.24, 2.45) is 0 Å². The average molecular weight is 164 g/mol. The first-order valence-corrected chi connectivity index (χ1v) is 3.78. The Bertz CT molecular complexity index is 76.5. The van der Waals surface area contributed by atoms with Gasteiger partial charge in [0.25, 0.3) is 0 Å². The van der Waals surface area contributed by atoms with Crippen LogP contribution in [0, 0.1) is 0 Å². The van der Waals surface area contributed by atoms with E-state index in [1.807, 2.05) is 0 Å². The fourth-order valence-electron chi connectivity index (χ4n) is 0.848. The van der Waals surface area contributed by atoms with Crippen LogP contribution in [0.4, 0.5) is 0 Å². The zero-order chi connectivity index (χ0) is 8.69. The molecule has 68 valence electrons. The summed E-state index contributed by atoms with van der Waals surface area (Å²) in [5, 5.41) is 34.9. The lowest BCUT2D eigenvalue weighted by Crippen LogP contribution is -2.19. The normalized spacial score (nSPS) is 16.4. The molecule has 0 aromatic heterocycles. The van der Waals surface area contributed by atoms with Crippen LogP contribution in [-0.2, 0) is 0 Å². The lowest BCUT2D eigenvalue weighted by Gasteiger charge is -2.13. The van der Waals surface area contributed by atoms with Gasteiger partial charge in [0.2, 0.25) is 0 Å². The van der Waals surface area contributed by atoms with E-state index in [4.69, 9.17) is 20.4 Å². The van der Waals surface area contributed by atoms with Crippen molar-refractivity contribution >= 4 is 0 Å². The molecular weight excluding hydrogens is 148 g/mol. The number of hydrogen-bond donors (Lipinski definition) is 4. The van der Waals surface area contributed by atoms with Crippen molar-refractivity contribution in [1.82, 2.24) is 0 Å². The predicted molar refractivity (Wildman–Crippen MR) is 40.0 cm³/mol. The number of rotatable bonds is 6. The van der Waals surface area contributed by atoms with Crippen molar-refractivity contribution in [3.8, 4) is 0 Å². The van der Waals surface area contributed by atoms with E-state index in [9.17, 15) is 0 Å². The molecule has 0 amide bonds. The Morgan fingerprint density at radius 1 is 0.818 bits per heavy atom. The smallest absolute Gasteiger partial charge is 0.0586 e. The molecule has 2 atom stereocenters. The summed E-state index contributed by atoms with van der Waals surface area (Å²) in [6.07, 6.45) is -0.547. The monoisotopic (exact) mass is 164 g/mol. The van der Waals surface area contributed by atoms with Gasteiger partial charge < -0.3 is 20.4 Å². The van der Waals surface area contributed by atoms with Crippen molar-refractivity contribution < 1.29 is 20.4 Å². The summed E-state index contributed by atoms with van der Waals surface area (Å²) in [5.41, 5.74) is 0. The van der Waals surface area contributed by atoms with Gasteiger partial charge in [-0.05, 0) is 19.3 Å². The van der Waals surface area contributed by atoms with Crippen LogP contribution >= 0.6 is 0 Å². The van der Waals surface area contributed by atoms with Gasteiger partial charge in [0.05, 0.1) is 12.2 Å². The summed E-state index contributed by atoms with van der Waals surface area (Å²) < 4.78 is 0. The summed E-state index contributed by atoms with van der Waals surface area (Å²) in [6.45, 7) is -0.153. The molecule has 0 fully saturated rings. The fourth-order valence-corrected chi connectivity index (χ4v) is 0.848.